The van der Waals surface area contributed by atoms with E-state index in [1.54, 1.807) is 26.2 Å². The molecule has 3 heterocycles. The number of ether oxygens (including phenoxy) is 2. The number of hydrogen-bond donors (Lipinski definition) is 1. The standard InChI is InChI=1S/C21H22N2O5S.ClH/c1-4-27-21(25)17-13-8-9-23(2)11-16(13)29-20(17)22-19(24)15-10-12-6-5-7-14(26-3)18(12)28-15;/h5-7,10H,4,8-9,11H2,1-3H3,(H,22,24);1H. The maximum Gasteiger partial charge on any atom is 0.341 e. The average Bonchev–Trinajstić information content (AvgIpc) is 3.28. The summed E-state index contributed by atoms with van der Waals surface area (Å²) >= 11 is 1.42. The van der Waals surface area contributed by atoms with Gasteiger partial charge < -0.3 is 24.1 Å². The number of furan rings is 1. The number of methoxy groups -OCH3 is 1. The van der Waals surface area contributed by atoms with E-state index in [2.05, 4.69) is 10.2 Å². The number of thiophene rings is 1. The molecular weight excluding hydrogens is 428 g/mol. The van der Waals surface area contributed by atoms with Gasteiger partial charge in [0, 0.05) is 23.4 Å². The number of halogens is 1. The number of rotatable bonds is 5. The average molecular weight is 451 g/mol. The van der Waals surface area contributed by atoms with Crippen LogP contribution in [0.3, 0.4) is 0 Å². The van der Waals surface area contributed by atoms with Crippen LogP contribution in [-0.2, 0) is 17.7 Å². The summed E-state index contributed by atoms with van der Waals surface area (Å²) in [7, 11) is 3.59. The van der Waals surface area contributed by atoms with Crippen molar-refractivity contribution >= 4 is 51.6 Å². The second-order valence-corrected chi connectivity index (χ2v) is 7.96. The lowest BCUT2D eigenvalue weighted by molar-refractivity contribution is 0.0526. The maximum atomic E-state index is 12.9. The van der Waals surface area contributed by atoms with E-state index in [1.165, 1.54) is 11.3 Å². The molecule has 0 bridgehead atoms. The van der Waals surface area contributed by atoms with E-state index in [4.69, 9.17) is 13.9 Å². The molecular formula is C21H23ClN2O5S. The van der Waals surface area contributed by atoms with Crippen LogP contribution < -0.4 is 10.1 Å². The number of para-hydroxylation sites is 1. The van der Waals surface area contributed by atoms with Gasteiger partial charge in [0.15, 0.2) is 17.1 Å². The van der Waals surface area contributed by atoms with Crippen LogP contribution in [0.2, 0.25) is 0 Å². The molecule has 1 aromatic carbocycles. The molecule has 0 saturated heterocycles. The van der Waals surface area contributed by atoms with Crippen molar-refractivity contribution < 1.29 is 23.5 Å². The maximum absolute atomic E-state index is 12.9. The van der Waals surface area contributed by atoms with E-state index in [0.29, 0.717) is 21.9 Å². The van der Waals surface area contributed by atoms with Gasteiger partial charge in [-0.25, -0.2) is 4.79 Å². The first kappa shape index (κ1) is 22.1. The third-order valence-electron chi connectivity index (χ3n) is 4.91. The molecule has 0 saturated carbocycles. The van der Waals surface area contributed by atoms with Crippen LogP contribution >= 0.6 is 23.7 Å². The summed E-state index contributed by atoms with van der Waals surface area (Å²) in [5.41, 5.74) is 1.94. The first-order valence-electron chi connectivity index (χ1n) is 9.40. The Morgan fingerprint density at radius 2 is 2.13 bits per heavy atom. The predicted octanol–water partition coefficient (Wildman–Crippen LogP) is 4.34. The van der Waals surface area contributed by atoms with Crippen LogP contribution in [0.15, 0.2) is 28.7 Å². The summed E-state index contributed by atoms with van der Waals surface area (Å²) in [6, 6.07) is 7.12. The predicted molar refractivity (Wildman–Crippen MR) is 118 cm³/mol. The number of anilines is 1. The van der Waals surface area contributed by atoms with Gasteiger partial charge in [0.2, 0.25) is 0 Å². The summed E-state index contributed by atoms with van der Waals surface area (Å²) in [5.74, 6) is -0.108. The van der Waals surface area contributed by atoms with Gasteiger partial charge >= 0.3 is 5.97 Å². The molecule has 1 amide bonds. The van der Waals surface area contributed by atoms with Crippen LogP contribution in [0, 0.1) is 0 Å². The zero-order valence-corrected chi connectivity index (χ0v) is 18.6. The molecule has 2 aromatic heterocycles. The lowest BCUT2D eigenvalue weighted by atomic mass is 10.0. The quantitative estimate of drug-likeness (QED) is 0.582. The Kier molecular flexibility index (Phi) is 6.70. The van der Waals surface area contributed by atoms with Crippen LogP contribution in [0.25, 0.3) is 11.0 Å². The van der Waals surface area contributed by atoms with Crippen LogP contribution in [0.1, 0.15) is 38.3 Å². The first-order valence-corrected chi connectivity index (χ1v) is 10.2. The molecule has 7 nitrogen and oxygen atoms in total. The number of esters is 1. The highest BCUT2D eigenvalue weighted by Crippen LogP contribution is 2.38. The molecule has 0 unspecified atom stereocenters. The zero-order valence-electron chi connectivity index (χ0n) is 16.9. The van der Waals surface area contributed by atoms with Gasteiger partial charge in [0.1, 0.15) is 5.00 Å². The van der Waals surface area contributed by atoms with Gasteiger partial charge in [0.25, 0.3) is 5.91 Å². The number of carbonyl (C=O) groups excluding carboxylic acids is 2. The number of carbonyl (C=O) groups is 2. The van der Waals surface area contributed by atoms with Crippen LogP contribution in [0.4, 0.5) is 5.00 Å². The van der Waals surface area contributed by atoms with Crippen molar-refractivity contribution in [2.45, 2.75) is 19.9 Å². The fraction of sp³-hybridized carbons (Fsp3) is 0.333. The highest BCUT2D eigenvalue weighted by Gasteiger charge is 2.29. The third-order valence-corrected chi connectivity index (χ3v) is 6.04. The van der Waals surface area contributed by atoms with E-state index in [1.807, 2.05) is 19.2 Å². The Balaban J connectivity index is 0.00000256. The van der Waals surface area contributed by atoms with Crippen molar-refractivity contribution in [2.75, 3.05) is 32.6 Å². The Morgan fingerprint density at radius 1 is 1.33 bits per heavy atom. The van der Waals surface area contributed by atoms with E-state index < -0.39 is 11.9 Å². The summed E-state index contributed by atoms with van der Waals surface area (Å²) in [4.78, 5) is 28.8. The van der Waals surface area contributed by atoms with Gasteiger partial charge in [-0.15, -0.1) is 23.7 Å². The third kappa shape index (κ3) is 4.03. The minimum atomic E-state index is -0.416. The summed E-state index contributed by atoms with van der Waals surface area (Å²) in [6.07, 6.45) is 0.744. The van der Waals surface area contributed by atoms with Gasteiger partial charge in [-0.2, -0.15) is 0 Å². The van der Waals surface area contributed by atoms with Crippen LogP contribution in [0.5, 0.6) is 5.75 Å². The fourth-order valence-electron chi connectivity index (χ4n) is 3.51. The lowest BCUT2D eigenvalue weighted by Gasteiger charge is -2.22. The Hall–Kier alpha value is -2.55. The number of benzene rings is 1. The van der Waals surface area contributed by atoms with Crippen molar-refractivity contribution in [2.24, 2.45) is 0 Å². The molecule has 0 radical (unpaired) electrons. The van der Waals surface area contributed by atoms with E-state index in [0.717, 1.165) is 35.3 Å². The van der Waals surface area contributed by atoms with Gasteiger partial charge in [-0.3, -0.25) is 4.79 Å². The molecule has 30 heavy (non-hydrogen) atoms. The molecule has 4 rings (SSSR count). The number of hydrogen-bond acceptors (Lipinski definition) is 7. The molecule has 0 atom stereocenters. The van der Waals surface area contributed by atoms with Crippen molar-refractivity contribution in [1.82, 2.24) is 4.90 Å². The molecule has 3 aromatic rings. The summed E-state index contributed by atoms with van der Waals surface area (Å²) in [5, 5.41) is 4.13. The highest BCUT2D eigenvalue weighted by molar-refractivity contribution is 7.17. The summed E-state index contributed by atoms with van der Waals surface area (Å²) < 4.78 is 16.3. The van der Waals surface area contributed by atoms with Crippen molar-refractivity contribution in [3.05, 3.63) is 46.0 Å². The molecule has 9 heteroatoms. The number of fused-ring (bicyclic) bond motifs is 2. The summed E-state index contributed by atoms with van der Waals surface area (Å²) in [6.45, 7) is 3.64. The topological polar surface area (TPSA) is 81.0 Å². The minimum Gasteiger partial charge on any atom is -0.493 e. The monoisotopic (exact) mass is 450 g/mol. The Morgan fingerprint density at radius 3 is 2.87 bits per heavy atom. The lowest BCUT2D eigenvalue weighted by Crippen LogP contribution is -2.26. The molecule has 1 aliphatic heterocycles. The minimum absolute atomic E-state index is 0. The molecule has 0 fully saturated rings. The van der Waals surface area contributed by atoms with Crippen molar-refractivity contribution in [3.8, 4) is 5.75 Å². The van der Waals surface area contributed by atoms with Crippen molar-refractivity contribution in [1.29, 1.82) is 0 Å². The molecule has 1 aliphatic rings. The van der Waals surface area contributed by atoms with Crippen molar-refractivity contribution in [3.63, 3.8) is 0 Å². The molecule has 0 aliphatic carbocycles. The Labute approximate surface area is 184 Å². The number of nitrogens with zero attached hydrogens (tertiary/aromatic N) is 1. The molecule has 0 spiro atoms. The van der Waals surface area contributed by atoms with Crippen LogP contribution in [-0.4, -0.2) is 44.1 Å². The Bertz CT molecular complexity index is 1090. The van der Waals surface area contributed by atoms with Gasteiger partial charge in [-0.1, -0.05) is 12.1 Å². The largest absolute Gasteiger partial charge is 0.493 e. The van der Waals surface area contributed by atoms with Gasteiger partial charge in [0.05, 0.1) is 19.3 Å². The first-order chi connectivity index (χ1) is 14.0. The van der Waals surface area contributed by atoms with E-state index in [9.17, 15) is 9.59 Å². The number of nitrogens with one attached hydrogen (secondary N) is 1. The number of amides is 1. The van der Waals surface area contributed by atoms with E-state index >= 15 is 0 Å². The molecule has 160 valence electrons. The smallest absolute Gasteiger partial charge is 0.341 e. The second-order valence-electron chi connectivity index (χ2n) is 6.86. The second kappa shape index (κ2) is 9.07. The molecule has 1 N–H and O–H groups in total. The van der Waals surface area contributed by atoms with E-state index in [-0.39, 0.29) is 24.8 Å². The SMILES string of the molecule is CCOC(=O)c1c(NC(=O)c2cc3cccc(OC)c3o2)sc2c1CCN(C)C2.Cl. The van der Waals surface area contributed by atoms with Gasteiger partial charge in [-0.05, 0) is 38.1 Å². The normalized spacial score (nSPS) is 13.4. The zero-order chi connectivity index (χ0) is 20.5. The number of likely N-dealkylation sites (N-methyl/N-ethyl adjacent to an activating group) is 1. The highest BCUT2D eigenvalue weighted by atomic mass is 35.5. The fourth-order valence-corrected chi connectivity index (χ4v) is 4.82.